The maximum atomic E-state index is 14.2. The molecule has 0 bridgehead atoms. The molecule has 0 radical (unpaired) electrons. The second kappa shape index (κ2) is 16.0. The lowest BCUT2D eigenvalue weighted by Gasteiger charge is -2.27. The Morgan fingerprint density at radius 2 is 1.30 bits per heavy atom. The summed E-state index contributed by atoms with van der Waals surface area (Å²) >= 11 is 0. The maximum Gasteiger partial charge on any atom is 0.306 e. The first-order chi connectivity index (χ1) is 27.8. The van der Waals surface area contributed by atoms with E-state index in [-0.39, 0.29) is 49.2 Å². The van der Waals surface area contributed by atoms with Gasteiger partial charge in [0.05, 0.1) is 75.5 Å². The number of amides is 3. The minimum atomic E-state index is -0.483. The zero-order valence-corrected chi connectivity index (χ0v) is 32.2. The number of methoxy groups -OCH3 is 3. The summed E-state index contributed by atoms with van der Waals surface area (Å²) in [6.07, 6.45) is 5.19. The van der Waals surface area contributed by atoms with Crippen molar-refractivity contribution in [3.05, 3.63) is 95.1 Å². The minimum absolute atomic E-state index is 0.0684. The highest BCUT2D eigenvalue weighted by atomic mass is 16.5. The first kappa shape index (κ1) is 37.5. The summed E-state index contributed by atoms with van der Waals surface area (Å²) in [7, 11) is 4.36. The van der Waals surface area contributed by atoms with Crippen LogP contribution in [0.1, 0.15) is 63.9 Å². The van der Waals surface area contributed by atoms with Gasteiger partial charge in [-0.1, -0.05) is 36.4 Å². The van der Waals surface area contributed by atoms with Gasteiger partial charge in [-0.15, -0.1) is 0 Å². The van der Waals surface area contributed by atoms with Crippen LogP contribution in [0.25, 0.3) is 0 Å². The Morgan fingerprint density at radius 3 is 1.98 bits per heavy atom. The van der Waals surface area contributed by atoms with Gasteiger partial charge in [0.2, 0.25) is 5.91 Å². The average Bonchev–Trinajstić information content (AvgIpc) is 3.73. The Kier molecular flexibility index (Phi) is 10.5. The lowest BCUT2D eigenvalue weighted by atomic mass is 10.1. The molecule has 3 amide bonds. The molecule has 4 aliphatic heterocycles. The van der Waals surface area contributed by atoms with E-state index in [9.17, 15) is 19.2 Å². The summed E-state index contributed by atoms with van der Waals surface area (Å²) in [4.78, 5) is 63.5. The minimum Gasteiger partial charge on any atom is -0.493 e. The molecule has 0 saturated carbocycles. The largest absolute Gasteiger partial charge is 0.493 e. The third-order valence-corrected chi connectivity index (χ3v) is 11.0. The van der Waals surface area contributed by atoms with E-state index in [2.05, 4.69) is 0 Å². The molecule has 8 rings (SSSR count). The van der Waals surface area contributed by atoms with Crippen LogP contribution in [0.15, 0.2) is 77.8 Å². The molecule has 0 aromatic heterocycles. The molecule has 0 aliphatic carbocycles. The highest BCUT2D eigenvalue weighted by Gasteiger charge is 2.42. The molecule has 0 saturated heterocycles. The van der Waals surface area contributed by atoms with Gasteiger partial charge in [-0.05, 0) is 61.1 Å². The molecule has 2 unspecified atom stereocenters. The summed E-state index contributed by atoms with van der Waals surface area (Å²) < 4.78 is 28.5. The van der Waals surface area contributed by atoms with Crippen molar-refractivity contribution in [1.29, 1.82) is 0 Å². The topological polar surface area (TPSA) is 137 Å². The van der Waals surface area contributed by atoms with E-state index >= 15 is 0 Å². The van der Waals surface area contributed by atoms with E-state index in [1.54, 1.807) is 46.1 Å². The van der Waals surface area contributed by atoms with Crippen molar-refractivity contribution < 1.29 is 42.9 Å². The van der Waals surface area contributed by atoms with Crippen molar-refractivity contribution in [2.24, 2.45) is 4.99 Å². The molecule has 4 aromatic rings. The van der Waals surface area contributed by atoms with Crippen LogP contribution in [0.4, 0.5) is 22.7 Å². The number of nitrogens with zero attached hydrogens (tertiary/aromatic N) is 4. The number of carbonyl (C=O) groups excluding carboxylic acids is 4. The van der Waals surface area contributed by atoms with Crippen molar-refractivity contribution >= 4 is 52.7 Å². The van der Waals surface area contributed by atoms with E-state index in [1.165, 1.54) is 14.2 Å². The number of anilines is 3. The Hall–Kier alpha value is -6.37. The number of carbonyl (C=O) groups is 4. The fourth-order valence-corrected chi connectivity index (χ4v) is 8.15. The molecule has 0 spiro atoms. The Balaban J connectivity index is 0.919. The number of rotatable bonds is 13. The van der Waals surface area contributed by atoms with Gasteiger partial charge in [0.15, 0.2) is 23.0 Å². The molecule has 294 valence electrons. The zero-order valence-electron chi connectivity index (χ0n) is 32.2. The van der Waals surface area contributed by atoms with Crippen LogP contribution in [-0.4, -0.2) is 83.1 Å². The first-order valence-corrected chi connectivity index (χ1v) is 19.2. The molecule has 4 aromatic carbocycles. The lowest BCUT2D eigenvalue weighted by molar-refractivity contribution is -0.141. The monoisotopic (exact) mass is 772 g/mol. The number of fused-ring (bicyclic) bond motifs is 8. The van der Waals surface area contributed by atoms with Gasteiger partial charge in [0.1, 0.15) is 0 Å². The maximum absolute atomic E-state index is 14.2. The van der Waals surface area contributed by atoms with Crippen LogP contribution < -0.4 is 33.6 Å². The van der Waals surface area contributed by atoms with Crippen LogP contribution in [0, 0.1) is 0 Å². The van der Waals surface area contributed by atoms with Crippen molar-refractivity contribution in [2.75, 3.05) is 55.8 Å². The molecule has 4 heterocycles. The van der Waals surface area contributed by atoms with Crippen molar-refractivity contribution in [1.82, 2.24) is 0 Å². The van der Waals surface area contributed by atoms with Gasteiger partial charge in [0.25, 0.3) is 11.8 Å². The second-order valence-corrected chi connectivity index (χ2v) is 14.4. The van der Waals surface area contributed by atoms with Crippen LogP contribution in [0.5, 0.6) is 23.0 Å². The quantitative estimate of drug-likeness (QED) is 0.110. The fraction of sp³-hybridized carbons (Fsp3) is 0.341. The Morgan fingerprint density at radius 1 is 0.684 bits per heavy atom. The summed E-state index contributed by atoms with van der Waals surface area (Å²) in [6.45, 7) is 1.01. The third kappa shape index (κ3) is 7.13. The molecule has 13 nitrogen and oxygen atoms in total. The van der Waals surface area contributed by atoms with E-state index in [4.69, 9.17) is 28.7 Å². The van der Waals surface area contributed by atoms with Crippen LogP contribution in [-0.2, 0) is 27.2 Å². The number of aliphatic imine (C=N–C) groups is 1. The molecule has 4 aliphatic rings. The highest BCUT2D eigenvalue weighted by Crippen LogP contribution is 2.44. The fourth-order valence-electron chi connectivity index (χ4n) is 8.15. The van der Waals surface area contributed by atoms with Gasteiger partial charge in [0, 0.05) is 49.1 Å². The standard InChI is InChI=1S/C44H44N4O9/c1-53-37-21-31-33(45-25-29-19-27-11-5-7-13-34(27)47(29)43(31)51)23-39(37)56-17-9-4-10-18-57-40-24-36-32(22-38(40)54-2)44(52)48-30(20-28-12-6-8-14-35(28)48)26-46(36)41(49)15-16-42(50)55-3/h5-8,11-14,21-25,29-30H,4,9-10,15-20,26H2,1-3H3. The number of unbranched alkanes of at least 4 members (excludes halogenated alkanes) is 2. The van der Waals surface area contributed by atoms with Crippen LogP contribution in [0.2, 0.25) is 0 Å². The number of hydrogen-bond acceptors (Lipinski definition) is 10. The third-order valence-electron chi connectivity index (χ3n) is 11.0. The van der Waals surface area contributed by atoms with Gasteiger partial charge in [-0.25, -0.2) is 0 Å². The van der Waals surface area contributed by atoms with Crippen LogP contribution >= 0.6 is 0 Å². The SMILES string of the molecule is COC(=O)CCC(=O)N1CC2Cc3ccccc3N2C(=O)c2cc(OC)c(OCCCCCOc3cc4c(cc3OC)C(=O)N3c5ccccc5CC3C=N4)cc21. The number of hydrogen-bond donors (Lipinski definition) is 0. The smallest absolute Gasteiger partial charge is 0.306 e. The highest BCUT2D eigenvalue weighted by molar-refractivity contribution is 6.16. The number of esters is 1. The number of ether oxygens (including phenoxy) is 5. The van der Waals surface area contributed by atoms with Crippen molar-refractivity contribution in [2.45, 2.75) is 57.0 Å². The lowest BCUT2D eigenvalue weighted by Crippen LogP contribution is -2.44. The zero-order chi connectivity index (χ0) is 39.6. The van der Waals surface area contributed by atoms with E-state index in [1.807, 2.05) is 54.7 Å². The van der Waals surface area contributed by atoms with E-state index in [0.717, 1.165) is 35.3 Å². The molecular formula is C44H44N4O9. The van der Waals surface area contributed by atoms with E-state index in [0.29, 0.717) is 78.0 Å². The van der Waals surface area contributed by atoms with Gasteiger partial charge in [-0.3, -0.25) is 29.1 Å². The summed E-state index contributed by atoms with van der Waals surface area (Å²) in [5.41, 5.74) is 5.62. The van der Waals surface area contributed by atoms with E-state index < -0.39 is 5.97 Å². The van der Waals surface area contributed by atoms with Gasteiger partial charge < -0.3 is 33.5 Å². The molecular weight excluding hydrogens is 729 g/mol. The van der Waals surface area contributed by atoms with Crippen molar-refractivity contribution in [3.63, 3.8) is 0 Å². The molecule has 57 heavy (non-hydrogen) atoms. The Labute approximate surface area is 330 Å². The first-order valence-electron chi connectivity index (χ1n) is 19.2. The Bertz CT molecular complexity index is 2270. The summed E-state index contributed by atoms with van der Waals surface area (Å²) in [5.74, 6) is 0.624. The number of para-hydroxylation sites is 2. The molecule has 0 N–H and O–H groups in total. The molecule has 0 fully saturated rings. The summed E-state index contributed by atoms with van der Waals surface area (Å²) in [6, 6.07) is 22.1. The predicted octanol–water partition coefficient (Wildman–Crippen LogP) is 6.49. The van der Waals surface area contributed by atoms with Gasteiger partial charge >= 0.3 is 5.97 Å². The van der Waals surface area contributed by atoms with Gasteiger partial charge in [-0.2, -0.15) is 0 Å². The summed E-state index contributed by atoms with van der Waals surface area (Å²) in [5, 5.41) is 0. The molecule has 13 heteroatoms. The van der Waals surface area contributed by atoms with Crippen LogP contribution in [0.3, 0.4) is 0 Å². The average molecular weight is 773 g/mol. The van der Waals surface area contributed by atoms with Crippen molar-refractivity contribution in [3.8, 4) is 23.0 Å². The number of benzene rings is 4. The normalized spacial score (nSPS) is 17.4. The predicted molar refractivity (Wildman–Crippen MR) is 214 cm³/mol. The second-order valence-electron chi connectivity index (χ2n) is 14.4. The molecule has 2 atom stereocenters.